The first-order valence-corrected chi connectivity index (χ1v) is 7.59. The molecule has 128 valence electrons. The first-order chi connectivity index (χ1) is 12.0. The smallest absolute Gasteiger partial charge is 0.336 e. The molecule has 0 saturated heterocycles. The van der Waals surface area contributed by atoms with Crippen LogP contribution >= 0.6 is 0 Å². The van der Waals surface area contributed by atoms with Crippen LogP contribution in [0, 0.1) is 0 Å². The zero-order chi connectivity index (χ0) is 17.6. The Balaban J connectivity index is 1.78. The van der Waals surface area contributed by atoms with Crippen LogP contribution in [0.1, 0.15) is 11.7 Å². The summed E-state index contributed by atoms with van der Waals surface area (Å²) in [6, 6.07) is 10.4. The van der Waals surface area contributed by atoms with Gasteiger partial charge in [0.25, 0.3) is 0 Å². The number of fused-ring (bicyclic) bond motifs is 2. The Morgan fingerprint density at radius 3 is 2.48 bits per heavy atom. The molecule has 0 bridgehead atoms. The molecule has 0 amide bonds. The fourth-order valence-electron chi connectivity index (χ4n) is 2.83. The maximum atomic E-state index is 11.3. The second-order valence-corrected chi connectivity index (χ2v) is 5.72. The van der Waals surface area contributed by atoms with Gasteiger partial charge in [0.2, 0.25) is 0 Å². The molecule has 7 heteroatoms. The molecule has 3 aromatic rings. The Bertz CT molecular complexity index is 1010. The summed E-state index contributed by atoms with van der Waals surface area (Å²) in [7, 11) is 0. The predicted octanol–water partition coefficient (Wildman–Crippen LogP) is 2.08. The van der Waals surface area contributed by atoms with E-state index >= 15 is 0 Å². The van der Waals surface area contributed by atoms with E-state index in [1.54, 1.807) is 24.3 Å². The zero-order valence-corrected chi connectivity index (χ0v) is 12.9. The summed E-state index contributed by atoms with van der Waals surface area (Å²) in [6.07, 6.45) is -1.42. The van der Waals surface area contributed by atoms with Crippen LogP contribution in [0.2, 0.25) is 0 Å². The third kappa shape index (κ3) is 2.64. The van der Waals surface area contributed by atoms with Gasteiger partial charge in [-0.15, -0.1) is 0 Å². The van der Waals surface area contributed by atoms with E-state index in [1.807, 2.05) is 0 Å². The second-order valence-electron chi connectivity index (χ2n) is 5.72. The topological polar surface area (TPSA) is 109 Å². The van der Waals surface area contributed by atoms with Gasteiger partial charge in [-0.25, -0.2) is 4.79 Å². The first kappa shape index (κ1) is 15.3. The summed E-state index contributed by atoms with van der Waals surface area (Å²) >= 11 is 0. The highest BCUT2D eigenvalue weighted by Crippen LogP contribution is 2.42. The van der Waals surface area contributed by atoms with Gasteiger partial charge in [-0.3, -0.25) is 0 Å². The van der Waals surface area contributed by atoms with Crippen LogP contribution in [-0.4, -0.2) is 28.0 Å². The Hall–Kier alpha value is -3.19. The van der Waals surface area contributed by atoms with Crippen molar-refractivity contribution in [2.45, 2.75) is 12.2 Å². The number of phenolic OH excluding ortho intramolecular Hbond substituents is 2. The van der Waals surface area contributed by atoms with Gasteiger partial charge in [-0.05, 0) is 24.3 Å². The molecular formula is C18H14O7. The summed E-state index contributed by atoms with van der Waals surface area (Å²) in [5, 5.41) is 29.5. The monoisotopic (exact) mass is 342 g/mol. The molecule has 0 fully saturated rings. The Morgan fingerprint density at radius 2 is 1.72 bits per heavy atom. The van der Waals surface area contributed by atoms with Gasteiger partial charge in [0.05, 0.1) is 6.61 Å². The van der Waals surface area contributed by atoms with Crippen molar-refractivity contribution in [1.29, 1.82) is 0 Å². The third-order valence-electron chi connectivity index (χ3n) is 4.06. The number of aromatic hydroxyl groups is 2. The van der Waals surface area contributed by atoms with Crippen molar-refractivity contribution in [2.75, 3.05) is 6.61 Å². The van der Waals surface area contributed by atoms with E-state index in [2.05, 4.69) is 0 Å². The van der Waals surface area contributed by atoms with Gasteiger partial charge < -0.3 is 29.2 Å². The number of hydrogen-bond acceptors (Lipinski definition) is 7. The van der Waals surface area contributed by atoms with E-state index in [9.17, 15) is 20.1 Å². The van der Waals surface area contributed by atoms with Gasteiger partial charge in [0.15, 0.2) is 35.2 Å². The van der Waals surface area contributed by atoms with Gasteiger partial charge in [0.1, 0.15) is 5.58 Å². The lowest BCUT2D eigenvalue weighted by atomic mass is 10.0. The fraction of sp³-hybridized carbons (Fsp3) is 0.167. The normalized spacial score (nSPS) is 19.1. The molecule has 1 aromatic heterocycles. The van der Waals surface area contributed by atoms with Crippen molar-refractivity contribution < 1.29 is 29.2 Å². The minimum Gasteiger partial charge on any atom is -0.504 e. The van der Waals surface area contributed by atoms with Crippen molar-refractivity contribution in [3.05, 3.63) is 58.4 Å². The maximum Gasteiger partial charge on any atom is 0.336 e. The molecule has 3 N–H and O–H groups in total. The predicted molar refractivity (Wildman–Crippen MR) is 87.1 cm³/mol. The quantitative estimate of drug-likeness (QED) is 0.483. The Morgan fingerprint density at radius 1 is 0.920 bits per heavy atom. The number of phenols is 2. The van der Waals surface area contributed by atoms with Crippen LogP contribution in [0.4, 0.5) is 0 Å². The lowest BCUT2D eigenvalue weighted by Gasteiger charge is -2.33. The average molecular weight is 342 g/mol. The molecule has 0 spiro atoms. The van der Waals surface area contributed by atoms with Crippen LogP contribution < -0.4 is 15.1 Å². The van der Waals surface area contributed by atoms with Gasteiger partial charge >= 0.3 is 5.63 Å². The van der Waals surface area contributed by atoms with Crippen molar-refractivity contribution in [3.8, 4) is 23.0 Å². The summed E-state index contributed by atoms with van der Waals surface area (Å²) in [5.41, 5.74) is 0.423. The minimum atomic E-state index is -0.732. The SMILES string of the molecule is O=c1ccc2cc3c(cc2o1)O[C@@H](CO)[C@H](c1ccc(O)c(O)c1)O3. The molecule has 0 saturated carbocycles. The van der Waals surface area contributed by atoms with E-state index in [4.69, 9.17) is 13.9 Å². The molecule has 0 aliphatic carbocycles. The molecular weight excluding hydrogens is 328 g/mol. The lowest BCUT2D eigenvalue weighted by Crippen LogP contribution is -2.36. The first-order valence-electron chi connectivity index (χ1n) is 7.59. The van der Waals surface area contributed by atoms with Crippen molar-refractivity contribution >= 4 is 11.0 Å². The largest absolute Gasteiger partial charge is 0.504 e. The number of rotatable bonds is 2. The highest BCUT2D eigenvalue weighted by Gasteiger charge is 2.33. The van der Waals surface area contributed by atoms with Crippen molar-refractivity contribution in [3.63, 3.8) is 0 Å². The molecule has 2 atom stereocenters. The average Bonchev–Trinajstić information content (AvgIpc) is 2.61. The summed E-state index contributed by atoms with van der Waals surface area (Å²) in [6.45, 7) is -0.331. The molecule has 2 heterocycles. The number of aliphatic hydroxyl groups is 1. The molecule has 1 aliphatic rings. The minimum absolute atomic E-state index is 0.248. The number of ether oxygens (including phenoxy) is 2. The van der Waals surface area contributed by atoms with E-state index < -0.39 is 17.8 Å². The standard InChI is InChI=1S/C18H14O7/c19-8-16-18(10-1-3-11(20)12(21)5-10)25-14-6-9-2-4-17(22)24-13(9)7-15(14)23-16/h1-7,16,18-21H,8H2/t16-,18-/m0/s1. The van der Waals surface area contributed by atoms with E-state index in [0.29, 0.717) is 28.0 Å². The number of aliphatic hydroxyl groups excluding tert-OH is 1. The van der Waals surface area contributed by atoms with Crippen LogP contribution in [0.25, 0.3) is 11.0 Å². The van der Waals surface area contributed by atoms with Crippen LogP contribution in [0.15, 0.2) is 51.7 Å². The molecule has 7 nitrogen and oxygen atoms in total. The molecule has 25 heavy (non-hydrogen) atoms. The number of benzene rings is 2. The van der Waals surface area contributed by atoms with Crippen LogP contribution in [-0.2, 0) is 0 Å². The van der Waals surface area contributed by atoms with E-state index in [1.165, 1.54) is 18.2 Å². The lowest BCUT2D eigenvalue weighted by molar-refractivity contribution is -0.0122. The van der Waals surface area contributed by atoms with Gasteiger partial charge in [-0.2, -0.15) is 0 Å². The highest BCUT2D eigenvalue weighted by molar-refractivity contribution is 5.80. The molecule has 0 radical (unpaired) electrons. The summed E-state index contributed by atoms with van der Waals surface area (Å²) in [5.74, 6) is 0.232. The van der Waals surface area contributed by atoms with Crippen molar-refractivity contribution in [1.82, 2.24) is 0 Å². The molecule has 2 aromatic carbocycles. The highest BCUT2D eigenvalue weighted by atomic mass is 16.6. The van der Waals surface area contributed by atoms with E-state index in [-0.39, 0.29) is 18.1 Å². The van der Waals surface area contributed by atoms with Crippen LogP contribution in [0.3, 0.4) is 0 Å². The second kappa shape index (κ2) is 5.71. The van der Waals surface area contributed by atoms with E-state index in [0.717, 1.165) is 0 Å². The summed E-state index contributed by atoms with van der Waals surface area (Å²) in [4.78, 5) is 11.3. The Kier molecular flexibility index (Phi) is 3.51. The Labute approximate surface area is 141 Å². The van der Waals surface area contributed by atoms with Crippen LogP contribution in [0.5, 0.6) is 23.0 Å². The van der Waals surface area contributed by atoms with Crippen molar-refractivity contribution in [2.24, 2.45) is 0 Å². The maximum absolute atomic E-state index is 11.3. The zero-order valence-electron chi connectivity index (χ0n) is 12.9. The number of hydrogen-bond donors (Lipinski definition) is 3. The van der Waals surface area contributed by atoms with Gasteiger partial charge in [0, 0.05) is 23.1 Å². The molecule has 1 aliphatic heterocycles. The van der Waals surface area contributed by atoms with Gasteiger partial charge in [-0.1, -0.05) is 6.07 Å². The molecule has 4 rings (SSSR count). The molecule has 0 unspecified atom stereocenters. The fourth-order valence-corrected chi connectivity index (χ4v) is 2.83. The summed E-state index contributed by atoms with van der Waals surface area (Å²) < 4.78 is 16.9. The third-order valence-corrected chi connectivity index (χ3v) is 4.06.